The Balaban J connectivity index is 4.29. The molecule has 0 aliphatic carbocycles. The van der Waals surface area contributed by atoms with E-state index in [-0.39, 0.29) is 26.1 Å². The molecule has 0 aromatic heterocycles. The molecule has 10 heteroatoms. The highest BCUT2D eigenvalue weighted by Crippen LogP contribution is 2.38. The molecule has 68 heavy (non-hydrogen) atoms. The van der Waals surface area contributed by atoms with E-state index in [1.54, 1.807) is 0 Å². The Kier molecular flexibility index (Phi) is 46.7. The molecule has 0 spiro atoms. The number of ether oxygens (including phenoxy) is 2. The van der Waals surface area contributed by atoms with Crippen LogP contribution < -0.4 is 4.89 Å². The van der Waals surface area contributed by atoms with Gasteiger partial charge in [0.2, 0.25) is 0 Å². The smallest absolute Gasteiger partial charge is 0.306 e. The molecule has 0 N–H and O–H groups in total. The van der Waals surface area contributed by atoms with Gasteiger partial charge in [0.05, 0.1) is 27.7 Å². The van der Waals surface area contributed by atoms with Crippen molar-refractivity contribution in [3.63, 3.8) is 0 Å². The Morgan fingerprint density at radius 3 is 1.25 bits per heavy atom. The van der Waals surface area contributed by atoms with Gasteiger partial charge in [0.1, 0.15) is 19.8 Å². The predicted octanol–water partition coefficient (Wildman–Crippen LogP) is 15.8. The summed E-state index contributed by atoms with van der Waals surface area (Å²) in [5.41, 5.74) is 0. The third-order valence-electron chi connectivity index (χ3n) is 11.1. The number of rotatable bonds is 48. The van der Waals surface area contributed by atoms with E-state index in [2.05, 4.69) is 111 Å². The number of carbonyl (C=O) groups excluding carboxylic acids is 2. The number of phosphoric acid groups is 1. The predicted molar refractivity (Wildman–Crippen MR) is 286 cm³/mol. The monoisotopic (exact) mass is 970 g/mol. The van der Waals surface area contributed by atoms with E-state index >= 15 is 0 Å². The lowest BCUT2D eigenvalue weighted by Gasteiger charge is -2.28. The normalized spacial score (nSPS) is 14.1. The molecular formula is C58H100NO8P. The Labute approximate surface area is 417 Å². The fourth-order valence-corrected chi connectivity index (χ4v) is 7.69. The average molecular weight is 970 g/mol. The summed E-state index contributed by atoms with van der Waals surface area (Å²) >= 11 is 0. The highest BCUT2D eigenvalue weighted by molar-refractivity contribution is 7.45. The second-order valence-corrected chi connectivity index (χ2v) is 20.3. The molecule has 0 fully saturated rings. The maximum absolute atomic E-state index is 12.8. The lowest BCUT2D eigenvalue weighted by molar-refractivity contribution is -0.870. The van der Waals surface area contributed by atoms with Crippen LogP contribution in [0.4, 0.5) is 0 Å². The summed E-state index contributed by atoms with van der Waals surface area (Å²) in [6, 6.07) is 0. The number of hydrogen-bond acceptors (Lipinski definition) is 8. The summed E-state index contributed by atoms with van der Waals surface area (Å²) in [4.78, 5) is 37.7. The highest BCUT2D eigenvalue weighted by Gasteiger charge is 2.21. The topological polar surface area (TPSA) is 111 Å². The van der Waals surface area contributed by atoms with Crippen molar-refractivity contribution in [1.29, 1.82) is 0 Å². The Morgan fingerprint density at radius 1 is 0.471 bits per heavy atom. The lowest BCUT2D eigenvalue weighted by Crippen LogP contribution is -2.37. The van der Waals surface area contributed by atoms with Gasteiger partial charge in [0.25, 0.3) is 7.82 Å². The number of esters is 2. The number of nitrogens with zero attached hydrogens (tertiary/aromatic N) is 1. The number of carbonyl (C=O) groups is 2. The van der Waals surface area contributed by atoms with Crippen LogP contribution in [0.3, 0.4) is 0 Å². The molecule has 0 aromatic carbocycles. The van der Waals surface area contributed by atoms with E-state index < -0.39 is 32.5 Å². The van der Waals surface area contributed by atoms with Crippen molar-refractivity contribution in [2.75, 3.05) is 47.5 Å². The van der Waals surface area contributed by atoms with Crippen molar-refractivity contribution in [3.05, 3.63) is 97.2 Å². The molecule has 2 atom stereocenters. The van der Waals surface area contributed by atoms with Gasteiger partial charge in [-0.25, -0.2) is 0 Å². The first-order valence-electron chi connectivity index (χ1n) is 26.9. The minimum Gasteiger partial charge on any atom is -0.756 e. The van der Waals surface area contributed by atoms with Crippen LogP contribution in [-0.4, -0.2) is 70.0 Å². The molecule has 390 valence electrons. The fraction of sp³-hybridized carbons (Fsp3) is 0.690. The number of unbranched alkanes of at least 4 members (excludes halogenated alkanes) is 18. The van der Waals surface area contributed by atoms with Crippen LogP contribution in [-0.2, 0) is 32.7 Å². The van der Waals surface area contributed by atoms with Gasteiger partial charge in [-0.2, -0.15) is 0 Å². The molecule has 9 nitrogen and oxygen atoms in total. The summed E-state index contributed by atoms with van der Waals surface area (Å²) in [5.74, 6) is -0.865. The summed E-state index contributed by atoms with van der Waals surface area (Å²) < 4.78 is 34.0. The van der Waals surface area contributed by atoms with Crippen molar-refractivity contribution < 1.29 is 42.1 Å². The zero-order valence-electron chi connectivity index (χ0n) is 44.0. The number of allylic oxidation sites excluding steroid dienone is 16. The van der Waals surface area contributed by atoms with Gasteiger partial charge in [-0.1, -0.05) is 214 Å². The van der Waals surface area contributed by atoms with Crippen LogP contribution in [0.15, 0.2) is 97.2 Å². The zero-order valence-corrected chi connectivity index (χ0v) is 44.9. The molecular weight excluding hydrogens is 870 g/mol. The number of phosphoric ester groups is 1. The van der Waals surface area contributed by atoms with E-state index in [0.29, 0.717) is 17.4 Å². The second-order valence-electron chi connectivity index (χ2n) is 18.9. The molecule has 0 radical (unpaired) electrons. The number of hydrogen-bond donors (Lipinski definition) is 0. The lowest BCUT2D eigenvalue weighted by atomic mass is 10.0. The van der Waals surface area contributed by atoms with E-state index in [1.165, 1.54) is 77.0 Å². The van der Waals surface area contributed by atoms with Crippen molar-refractivity contribution in [2.45, 2.75) is 213 Å². The van der Waals surface area contributed by atoms with Crippen LogP contribution >= 0.6 is 7.82 Å². The zero-order chi connectivity index (χ0) is 49.9. The van der Waals surface area contributed by atoms with Crippen LogP contribution in [0, 0.1) is 0 Å². The summed E-state index contributed by atoms with van der Waals surface area (Å²) in [5, 5.41) is 0. The molecule has 0 heterocycles. The second kappa shape index (κ2) is 48.9. The van der Waals surface area contributed by atoms with Gasteiger partial charge in [-0.3, -0.25) is 14.2 Å². The molecule has 0 bridgehead atoms. The van der Waals surface area contributed by atoms with Gasteiger partial charge >= 0.3 is 11.9 Å². The van der Waals surface area contributed by atoms with Crippen molar-refractivity contribution >= 4 is 19.8 Å². The first-order valence-corrected chi connectivity index (χ1v) is 28.4. The molecule has 0 rings (SSSR count). The Bertz CT molecular complexity index is 1470. The summed E-state index contributed by atoms with van der Waals surface area (Å²) in [7, 11) is 1.14. The average Bonchev–Trinajstić information content (AvgIpc) is 3.30. The van der Waals surface area contributed by atoms with Gasteiger partial charge in [-0.05, 0) is 77.0 Å². The van der Waals surface area contributed by atoms with E-state index in [0.717, 1.165) is 96.3 Å². The minimum absolute atomic E-state index is 0.0401. The Hall–Kier alpha value is -3.07. The first-order chi connectivity index (χ1) is 33.0. The molecule has 2 unspecified atom stereocenters. The van der Waals surface area contributed by atoms with Crippen LogP contribution in [0.5, 0.6) is 0 Å². The molecule has 0 amide bonds. The van der Waals surface area contributed by atoms with Gasteiger partial charge in [-0.15, -0.1) is 0 Å². The van der Waals surface area contributed by atoms with E-state index in [9.17, 15) is 19.0 Å². The van der Waals surface area contributed by atoms with E-state index in [4.69, 9.17) is 18.5 Å². The number of likely N-dealkylation sites (N-methyl/N-ethyl adjacent to an activating group) is 1. The summed E-state index contributed by atoms with van der Waals surface area (Å²) in [6.45, 7) is 4.09. The fourth-order valence-electron chi connectivity index (χ4n) is 6.96. The van der Waals surface area contributed by atoms with Crippen molar-refractivity contribution in [3.8, 4) is 0 Å². The quantitative estimate of drug-likeness (QED) is 0.0195. The third-order valence-corrected chi connectivity index (χ3v) is 12.1. The van der Waals surface area contributed by atoms with Crippen molar-refractivity contribution in [1.82, 2.24) is 0 Å². The molecule has 0 saturated heterocycles. The number of quaternary nitrogens is 1. The SMILES string of the molecule is CC/C=C\C/C=C\C/C=C\C/C=C\C/C=C\C/C=C\C/C=C\C/C=C\CCCCCCC(=O)OC(COC(=O)CCCCCCCCCCCCCCCCC)COP(=O)([O-])OCC[N+](C)(C)C. The first kappa shape index (κ1) is 64.9. The maximum atomic E-state index is 12.8. The molecule has 0 aliphatic heterocycles. The van der Waals surface area contributed by atoms with Gasteiger partial charge < -0.3 is 27.9 Å². The Morgan fingerprint density at radius 2 is 0.838 bits per heavy atom. The van der Waals surface area contributed by atoms with Gasteiger partial charge in [0.15, 0.2) is 6.10 Å². The van der Waals surface area contributed by atoms with Crippen LogP contribution in [0.25, 0.3) is 0 Å². The summed E-state index contributed by atoms with van der Waals surface area (Å²) in [6.07, 6.45) is 65.8. The highest BCUT2D eigenvalue weighted by atomic mass is 31.2. The third kappa shape index (κ3) is 52.3. The molecule has 0 aromatic rings. The minimum atomic E-state index is -4.64. The van der Waals surface area contributed by atoms with Crippen LogP contribution in [0.1, 0.15) is 206 Å². The van der Waals surface area contributed by atoms with Crippen LogP contribution in [0.2, 0.25) is 0 Å². The largest absolute Gasteiger partial charge is 0.756 e. The molecule has 0 aliphatic rings. The van der Waals surface area contributed by atoms with Crippen molar-refractivity contribution in [2.24, 2.45) is 0 Å². The molecule has 0 saturated carbocycles. The van der Waals surface area contributed by atoms with E-state index in [1.807, 2.05) is 21.1 Å². The van der Waals surface area contributed by atoms with Gasteiger partial charge in [0, 0.05) is 12.8 Å². The standard InChI is InChI=1S/C58H100NO8P/c1-6-8-10-12-14-16-18-20-22-23-24-25-26-27-28-29-30-31-32-33-34-35-37-39-41-43-45-47-49-51-58(61)67-56(55-66-68(62,63)65-53-52-59(3,4)5)54-64-57(60)50-48-46-44-42-40-38-36-21-19-17-15-13-11-9-7-2/h8,10,14,16,20,22,24-25,27-28,30-31,33-34,37,39,56H,6-7,9,11-13,15,17-19,21,23,26,29,32,35-36,38,40-55H2,1-5H3/b10-8-,16-14-,22-20-,25-24-,28-27-,31-30-,34-33-,39-37-. The maximum Gasteiger partial charge on any atom is 0.306 e.